The average molecular weight is 213 g/mol. The first-order valence-electron chi connectivity index (χ1n) is 5.19. The van der Waals surface area contributed by atoms with Gasteiger partial charge in [0, 0.05) is 13.1 Å². The van der Waals surface area contributed by atoms with Crippen LogP contribution in [0.15, 0.2) is 12.2 Å². The van der Waals surface area contributed by atoms with E-state index in [-0.39, 0.29) is 0 Å². The summed E-state index contributed by atoms with van der Waals surface area (Å²) < 4.78 is 24.5. The maximum Gasteiger partial charge on any atom is 0.211 e. The molecule has 0 N–H and O–H groups in total. The highest BCUT2D eigenvalue weighted by molar-refractivity contribution is 7.88. The highest BCUT2D eigenvalue weighted by atomic mass is 32.2. The smallest absolute Gasteiger partial charge is 0.211 e. The molecule has 0 amide bonds. The molecule has 4 heteroatoms. The first-order chi connectivity index (χ1) is 6.55. The molecule has 0 spiro atoms. The fourth-order valence-corrected chi connectivity index (χ4v) is 4.27. The zero-order valence-electron chi connectivity index (χ0n) is 8.26. The second-order valence-electron chi connectivity index (χ2n) is 4.86. The van der Waals surface area contributed by atoms with E-state index in [2.05, 4.69) is 12.2 Å². The summed E-state index contributed by atoms with van der Waals surface area (Å²) in [7, 11) is -2.96. The van der Waals surface area contributed by atoms with Gasteiger partial charge in [0.25, 0.3) is 0 Å². The van der Waals surface area contributed by atoms with Gasteiger partial charge in [-0.1, -0.05) is 12.2 Å². The topological polar surface area (TPSA) is 37.4 Å². The lowest BCUT2D eigenvalue weighted by atomic mass is 9.86. The normalized spacial score (nSPS) is 46.1. The van der Waals surface area contributed by atoms with Crippen LogP contribution in [0.3, 0.4) is 0 Å². The maximum absolute atomic E-state index is 11.4. The van der Waals surface area contributed by atoms with Crippen LogP contribution in [0.4, 0.5) is 0 Å². The fourth-order valence-electron chi connectivity index (χ4n) is 3.38. The summed E-state index contributed by atoms with van der Waals surface area (Å²) in [5.74, 6) is 2.55. The van der Waals surface area contributed by atoms with Crippen LogP contribution < -0.4 is 0 Å². The summed E-state index contributed by atoms with van der Waals surface area (Å²) in [6.45, 7) is 1.52. The zero-order valence-corrected chi connectivity index (χ0v) is 9.07. The van der Waals surface area contributed by atoms with E-state index in [1.165, 1.54) is 12.7 Å². The number of fused-ring (bicyclic) bond motifs is 5. The molecule has 4 atom stereocenters. The molecular weight excluding hydrogens is 198 g/mol. The summed E-state index contributed by atoms with van der Waals surface area (Å²) in [6.07, 6.45) is 7.17. The zero-order chi connectivity index (χ0) is 9.92. The van der Waals surface area contributed by atoms with Crippen molar-refractivity contribution in [3.8, 4) is 0 Å². The van der Waals surface area contributed by atoms with E-state index in [1.807, 2.05) is 0 Å². The molecule has 14 heavy (non-hydrogen) atoms. The van der Waals surface area contributed by atoms with Crippen molar-refractivity contribution in [1.82, 2.24) is 4.31 Å². The largest absolute Gasteiger partial charge is 0.213 e. The molecule has 3 aliphatic rings. The molecule has 1 aliphatic heterocycles. The van der Waals surface area contributed by atoms with Crippen LogP contribution in [-0.2, 0) is 10.0 Å². The van der Waals surface area contributed by atoms with Gasteiger partial charge in [-0.3, -0.25) is 0 Å². The van der Waals surface area contributed by atoms with E-state index < -0.39 is 10.0 Å². The third-order valence-electron chi connectivity index (χ3n) is 4.10. The van der Waals surface area contributed by atoms with Gasteiger partial charge in [0.05, 0.1) is 6.26 Å². The standard InChI is InChI=1S/C10H15NO2S/c1-14(12,13)11-5-9-7-2-3-8(4-7)10(9)6-11/h2-3,7-10H,4-6H2,1H3. The van der Waals surface area contributed by atoms with Crippen LogP contribution in [-0.4, -0.2) is 32.1 Å². The molecule has 1 saturated carbocycles. The predicted molar refractivity (Wildman–Crippen MR) is 54.1 cm³/mol. The van der Waals surface area contributed by atoms with Gasteiger partial charge in [-0.25, -0.2) is 12.7 Å². The van der Waals surface area contributed by atoms with Crippen LogP contribution in [0.25, 0.3) is 0 Å². The Kier molecular flexibility index (Phi) is 1.66. The molecule has 2 aliphatic carbocycles. The molecular formula is C10H15NO2S. The lowest BCUT2D eigenvalue weighted by Crippen LogP contribution is -2.29. The van der Waals surface area contributed by atoms with Gasteiger partial charge in [-0.05, 0) is 30.1 Å². The van der Waals surface area contributed by atoms with Crippen LogP contribution >= 0.6 is 0 Å². The molecule has 3 nitrogen and oxygen atoms in total. The molecule has 0 aromatic rings. The quantitative estimate of drug-likeness (QED) is 0.601. The first-order valence-corrected chi connectivity index (χ1v) is 7.04. The molecule has 4 unspecified atom stereocenters. The summed E-state index contributed by atoms with van der Waals surface area (Å²) in [5, 5.41) is 0. The molecule has 2 bridgehead atoms. The summed E-state index contributed by atoms with van der Waals surface area (Å²) in [4.78, 5) is 0. The molecule has 0 radical (unpaired) electrons. The summed E-state index contributed by atoms with van der Waals surface area (Å²) in [6, 6.07) is 0. The number of sulfonamides is 1. The van der Waals surface area contributed by atoms with Crippen molar-refractivity contribution >= 4 is 10.0 Å². The Balaban J connectivity index is 1.86. The Labute approximate surface area is 84.8 Å². The Morgan fingerprint density at radius 2 is 1.64 bits per heavy atom. The van der Waals surface area contributed by atoms with Crippen molar-refractivity contribution < 1.29 is 8.42 Å². The summed E-state index contributed by atoms with van der Waals surface area (Å²) in [5.41, 5.74) is 0. The van der Waals surface area contributed by atoms with Crippen molar-refractivity contribution in [3.63, 3.8) is 0 Å². The van der Waals surface area contributed by atoms with Gasteiger partial charge < -0.3 is 0 Å². The predicted octanol–water partition coefficient (Wildman–Crippen LogP) is 0.700. The van der Waals surface area contributed by atoms with Crippen LogP contribution in [0.1, 0.15) is 6.42 Å². The minimum Gasteiger partial charge on any atom is -0.213 e. The van der Waals surface area contributed by atoms with Crippen LogP contribution in [0, 0.1) is 23.7 Å². The van der Waals surface area contributed by atoms with Crippen LogP contribution in [0.5, 0.6) is 0 Å². The van der Waals surface area contributed by atoms with E-state index in [4.69, 9.17) is 0 Å². The van der Waals surface area contributed by atoms with E-state index in [0.29, 0.717) is 23.7 Å². The van der Waals surface area contributed by atoms with Gasteiger partial charge in [0.1, 0.15) is 0 Å². The number of nitrogens with zero attached hydrogens (tertiary/aromatic N) is 1. The highest BCUT2D eigenvalue weighted by Crippen LogP contribution is 2.51. The first kappa shape index (κ1) is 8.92. The summed E-state index contributed by atoms with van der Waals surface area (Å²) >= 11 is 0. The van der Waals surface area contributed by atoms with Crippen molar-refractivity contribution in [1.29, 1.82) is 0 Å². The number of hydrogen-bond acceptors (Lipinski definition) is 2. The fraction of sp³-hybridized carbons (Fsp3) is 0.800. The molecule has 3 rings (SSSR count). The minimum absolute atomic E-state index is 0.611. The van der Waals surface area contributed by atoms with Gasteiger partial charge in [-0.2, -0.15) is 0 Å². The van der Waals surface area contributed by atoms with Crippen molar-refractivity contribution in [2.75, 3.05) is 19.3 Å². The lowest BCUT2D eigenvalue weighted by Gasteiger charge is -2.17. The Bertz CT molecular complexity index is 367. The second-order valence-corrected chi connectivity index (χ2v) is 6.84. The molecule has 0 aromatic carbocycles. The second kappa shape index (κ2) is 2.61. The molecule has 2 fully saturated rings. The Morgan fingerprint density at radius 3 is 2.07 bits per heavy atom. The van der Waals surface area contributed by atoms with Crippen molar-refractivity contribution in [2.24, 2.45) is 23.7 Å². The lowest BCUT2D eigenvalue weighted by molar-refractivity contribution is 0.395. The van der Waals surface area contributed by atoms with E-state index in [0.717, 1.165) is 13.1 Å². The average Bonchev–Trinajstić information content (AvgIpc) is 2.74. The molecule has 1 heterocycles. The van der Waals surface area contributed by atoms with Gasteiger partial charge >= 0.3 is 0 Å². The van der Waals surface area contributed by atoms with Crippen LogP contribution in [0.2, 0.25) is 0 Å². The Morgan fingerprint density at radius 1 is 1.14 bits per heavy atom. The van der Waals surface area contributed by atoms with E-state index >= 15 is 0 Å². The minimum atomic E-state index is -2.96. The third kappa shape index (κ3) is 1.10. The number of allylic oxidation sites excluding steroid dienone is 2. The van der Waals surface area contributed by atoms with E-state index in [1.54, 1.807) is 4.31 Å². The van der Waals surface area contributed by atoms with Crippen molar-refractivity contribution in [3.05, 3.63) is 12.2 Å². The van der Waals surface area contributed by atoms with Crippen molar-refractivity contribution in [2.45, 2.75) is 6.42 Å². The maximum atomic E-state index is 11.4. The van der Waals surface area contributed by atoms with Gasteiger partial charge in [0.15, 0.2) is 0 Å². The SMILES string of the molecule is CS(=O)(=O)N1CC2C3C=CC(C3)C2C1. The number of hydrogen-bond donors (Lipinski definition) is 0. The van der Waals surface area contributed by atoms with E-state index in [9.17, 15) is 8.42 Å². The van der Waals surface area contributed by atoms with Gasteiger partial charge in [0.2, 0.25) is 10.0 Å². The highest BCUT2D eigenvalue weighted by Gasteiger charge is 2.50. The molecule has 0 aromatic heterocycles. The monoisotopic (exact) mass is 213 g/mol. The Hall–Kier alpha value is -0.350. The molecule has 1 saturated heterocycles. The number of rotatable bonds is 1. The molecule has 78 valence electrons. The van der Waals surface area contributed by atoms with Gasteiger partial charge in [-0.15, -0.1) is 0 Å². The third-order valence-corrected chi connectivity index (χ3v) is 5.33.